The number of amides is 2. The molecule has 9 heteroatoms. The van der Waals surface area contributed by atoms with Gasteiger partial charge in [0.25, 0.3) is 0 Å². The molecule has 0 aliphatic carbocycles. The van der Waals surface area contributed by atoms with Crippen LogP contribution in [-0.2, 0) is 13.1 Å². The van der Waals surface area contributed by atoms with Gasteiger partial charge >= 0.3 is 6.03 Å². The first-order chi connectivity index (χ1) is 16.5. The van der Waals surface area contributed by atoms with Crippen molar-refractivity contribution in [3.63, 3.8) is 0 Å². The smallest absolute Gasteiger partial charge is 0.352 e. The molecule has 2 aromatic rings. The molecular weight excluding hydrogens is 432 g/mol. The molecule has 0 bridgehead atoms. The van der Waals surface area contributed by atoms with E-state index in [1.54, 1.807) is 25.5 Å². The molecule has 34 heavy (non-hydrogen) atoms. The van der Waals surface area contributed by atoms with Gasteiger partial charge in [-0.25, -0.2) is 4.79 Å². The molecule has 2 aromatic carbocycles. The quantitative estimate of drug-likeness (QED) is 0.369. The summed E-state index contributed by atoms with van der Waals surface area (Å²) in [6.45, 7) is 5.77. The van der Waals surface area contributed by atoms with Gasteiger partial charge in [-0.1, -0.05) is 36.9 Å². The summed E-state index contributed by atoms with van der Waals surface area (Å²) in [5, 5.41) is 12.8. The summed E-state index contributed by atoms with van der Waals surface area (Å²) in [5.74, 6) is 1.87. The average molecular weight is 463 g/mol. The first kappa shape index (κ1) is 24.5. The van der Waals surface area contributed by atoms with Gasteiger partial charge in [-0.15, -0.1) is 0 Å². The number of urea groups is 1. The van der Waals surface area contributed by atoms with Gasteiger partial charge in [0.15, 0.2) is 0 Å². The molecule has 2 amide bonds. The SMILES string of the molecule is C=C1N(Cc2ccc(OC)cc2)C(=O)N=C(NCC/C=C\C=N/CN)N1Cc1ccc(O)cc1. The van der Waals surface area contributed by atoms with Crippen LogP contribution >= 0.6 is 0 Å². The third-order valence-electron chi connectivity index (χ3n) is 5.12. The van der Waals surface area contributed by atoms with E-state index in [2.05, 4.69) is 21.9 Å². The Hall–Kier alpha value is -4.11. The van der Waals surface area contributed by atoms with E-state index < -0.39 is 6.03 Å². The molecule has 1 aliphatic heterocycles. The van der Waals surface area contributed by atoms with Gasteiger partial charge in [0, 0.05) is 12.8 Å². The summed E-state index contributed by atoms with van der Waals surface area (Å²) in [6, 6.07) is 14.0. The maximum Gasteiger partial charge on any atom is 0.352 e. The van der Waals surface area contributed by atoms with Gasteiger partial charge in [-0.3, -0.25) is 14.8 Å². The number of carbonyl (C=O) groups excluding carboxylic acids is 1. The average Bonchev–Trinajstić information content (AvgIpc) is 2.85. The van der Waals surface area contributed by atoms with Crippen LogP contribution in [0.1, 0.15) is 17.5 Å². The highest BCUT2D eigenvalue weighted by Gasteiger charge is 2.30. The van der Waals surface area contributed by atoms with Crippen LogP contribution in [0.15, 0.2) is 83.1 Å². The topological polar surface area (TPSA) is 116 Å². The van der Waals surface area contributed by atoms with Crippen LogP contribution in [-0.4, -0.2) is 53.4 Å². The van der Waals surface area contributed by atoms with E-state index in [9.17, 15) is 9.90 Å². The van der Waals surface area contributed by atoms with Crippen LogP contribution in [0, 0.1) is 0 Å². The number of guanidine groups is 1. The molecule has 0 radical (unpaired) electrons. The monoisotopic (exact) mass is 462 g/mol. The van der Waals surface area contributed by atoms with E-state index in [0.717, 1.165) is 16.9 Å². The Morgan fingerprint density at radius 1 is 1.12 bits per heavy atom. The van der Waals surface area contributed by atoms with Crippen molar-refractivity contribution in [3.05, 3.63) is 84.2 Å². The molecule has 0 spiro atoms. The largest absolute Gasteiger partial charge is 0.508 e. The Bertz CT molecular complexity index is 1060. The zero-order valence-corrected chi connectivity index (χ0v) is 19.2. The van der Waals surface area contributed by atoms with Crippen molar-refractivity contribution in [3.8, 4) is 11.5 Å². The number of nitrogens with one attached hydrogen (secondary N) is 1. The number of nitrogens with two attached hydrogens (primary N) is 1. The summed E-state index contributed by atoms with van der Waals surface area (Å²) in [5.41, 5.74) is 7.19. The van der Waals surface area contributed by atoms with E-state index in [0.29, 0.717) is 37.8 Å². The van der Waals surface area contributed by atoms with E-state index in [4.69, 9.17) is 10.5 Å². The van der Waals surface area contributed by atoms with Crippen LogP contribution in [0.3, 0.4) is 0 Å². The lowest BCUT2D eigenvalue weighted by molar-refractivity contribution is 0.197. The van der Waals surface area contributed by atoms with E-state index in [1.807, 2.05) is 53.5 Å². The highest BCUT2D eigenvalue weighted by molar-refractivity contribution is 5.96. The number of phenols is 1. The predicted octanol–water partition coefficient (Wildman–Crippen LogP) is 3.19. The summed E-state index contributed by atoms with van der Waals surface area (Å²) in [6.07, 6.45) is 6.13. The molecule has 0 saturated carbocycles. The number of allylic oxidation sites excluding steroid dienone is 1. The number of carbonyl (C=O) groups is 1. The Morgan fingerprint density at radius 2 is 1.76 bits per heavy atom. The molecular formula is C25H30N6O3. The second kappa shape index (κ2) is 12.2. The Labute approximate surface area is 199 Å². The molecule has 178 valence electrons. The maximum atomic E-state index is 12.9. The van der Waals surface area contributed by atoms with Crippen molar-refractivity contribution < 1.29 is 14.6 Å². The minimum atomic E-state index is -0.393. The number of methoxy groups -OCH3 is 1. The Balaban J connectivity index is 1.77. The number of hydrogen-bond donors (Lipinski definition) is 3. The van der Waals surface area contributed by atoms with Crippen molar-refractivity contribution in [2.75, 3.05) is 20.3 Å². The zero-order chi connectivity index (χ0) is 24.3. The van der Waals surface area contributed by atoms with Gasteiger partial charge in [-0.2, -0.15) is 4.99 Å². The van der Waals surface area contributed by atoms with Gasteiger partial charge in [-0.05, 0) is 47.9 Å². The van der Waals surface area contributed by atoms with Crippen molar-refractivity contribution in [1.82, 2.24) is 15.1 Å². The standard InChI is InChI=1S/C25H30N6O3/c1-19-30(16-20-6-10-22(32)11-7-20)24(28-15-5-3-4-14-27-18-26)29-25(33)31(19)17-21-8-12-23(34-2)13-9-21/h3-4,6-14,32H,1,5,15-18,26H2,2H3,(H,28,29,33)/b4-3-,27-14-. The maximum absolute atomic E-state index is 12.9. The van der Waals surface area contributed by atoms with Crippen molar-refractivity contribution in [2.24, 2.45) is 15.7 Å². The number of phenolic OH excluding ortho intramolecular Hbond substituents is 1. The number of nitrogens with zero attached hydrogens (tertiary/aromatic N) is 4. The lowest BCUT2D eigenvalue weighted by atomic mass is 10.2. The molecule has 1 heterocycles. The summed E-state index contributed by atoms with van der Waals surface area (Å²) in [4.78, 5) is 24.5. The summed E-state index contributed by atoms with van der Waals surface area (Å²) >= 11 is 0. The second-order valence-corrected chi connectivity index (χ2v) is 7.48. The van der Waals surface area contributed by atoms with E-state index in [-0.39, 0.29) is 12.4 Å². The minimum absolute atomic E-state index is 0.189. The zero-order valence-electron chi connectivity index (χ0n) is 19.2. The molecule has 0 atom stereocenters. The van der Waals surface area contributed by atoms with Crippen molar-refractivity contribution >= 4 is 18.2 Å². The normalized spacial score (nSPS) is 14.2. The number of ether oxygens (including phenoxy) is 1. The second-order valence-electron chi connectivity index (χ2n) is 7.48. The molecule has 3 rings (SSSR count). The van der Waals surface area contributed by atoms with Gasteiger partial charge < -0.3 is 20.9 Å². The molecule has 0 fully saturated rings. The highest BCUT2D eigenvalue weighted by atomic mass is 16.5. The summed E-state index contributed by atoms with van der Waals surface area (Å²) in [7, 11) is 1.61. The Kier molecular flexibility index (Phi) is 8.81. The lowest BCUT2D eigenvalue weighted by Gasteiger charge is -2.37. The number of aliphatic imine (C=N–C) groups is 2. The number of aromatic hydroxyl groups is 1. The van der Waals surface area contributed by atoms with Crippen LogP contribution < -0.4 is 15.8 Å². The number of rotatable bonds is 10. The first-order valence-corrected chi connectivity index (χ1v) is 10.9. The molecule has 0 saturated heterocycles. The molecule has 9 nitrogen and oxygen atoms in total. The fraction of sp³-hybridized carbons (Fsp3) is 0.240. The van der Waals surface area contributed by atoms with Crippen LogP contribution in [0.25, 0.3) is 0 Å². The van der Waals surface area contributed by atoms with Crippen molar-refractivity contribution in [2.45, 2.75) is 19.5 Å². The van der Waals surface area contributed by atoms with Crippen LogP contribution in [0.5, 0.6) is 11.5 Å². The molecule has 0 unspecified atom stereocenters. The molecule has 4 N–H and O–H groups in total. The van der Waals surface area contributed by atoms with Gasteiger partial charge in [0.2, 0.25) is 5.96 Å². The fourth-order valence-corrected chi connectivity index (χ4v) is 3.29. The fourth-order valence-electron chi connectivity index (χ4n) is 3.29. The molecule has 0 aromatic heterocycles. The summed E-state index contributed by atoms with van der Waals surface area (Å²) < 4.78 is 5.21. The molecule has 1 aliphatic rings. The van der Waals surface area contributed by atoms with E-state index in [1.165, 1.54) is 4.90 Å². The van der Waals surface area contributed by atoms with Gasteiger partial charge in [0.1, 0.15) is 17.3 Å². The number of hydrogen-bond acceptors (Lipinski definition) is 7. The van der Waals surface area contributed by atoms with Gasteiger partial charge in [0.05, 0.1) is 26.9 Å². The predicted molar refractivity (Wildman–Crippen MR) is 133 cm³/mol. The van der Waals surface area contributed by atoms with Crippen LogP contribution in [0.4, 0.5) is 4.79 Å². The number of benzene rings is 2. The lowest BCUT2D eigenvalue weighted by Crippen LogP contribution is -2.50. The van der Waals surface area contributed by atoms with Crippen LogP contribution in [0.2, 0.25) is 0 Å². The third-order valence-corrected chi connectivity index (χ3v) is 5.12. The van der Waals surface area contributed by atoms with Crippen molar-refractivity contribution in [1.29, 1.82) is 0 Å². The Morgan fingerprint density at radius 3 is 2.41 bits per heavy atom. The minimum Gasteiger partial charge on any atom is -0.508 e. The van der Waals surface area contributed by atoms with E-state index >= 15 is 0 Å². The first-order valence-electron chi connectivity index (χ1n) is 10.9. The highest BCUT2D eigenvalue weighted by Crippen LogP contribution is 2.23. The third kappa shape index (κ3) is 6.69.